The zero-order chi connectivity index (χ0) is 11.9. The van der Waals surface area contributed by atoms with Crippen LogP contribution in [0.4, 0.5) is 0 Å². The van der Waals surface area contributed by atoms with Crippen molar-refractivity contribution in [3.05, 3.63) is 18.0 Å². The third-order valence-corrected chi connectivity index (χ3v) is 3.91. The zero-order valence-corrected chi connectivity index (χ0v) is 10.1. The number of rotatable bonds is 3. The van der Waals surface area contributed by atoms with Crippen LogP contribution in [0.5, 0.6) is 0 Å². The van der Waals surface area contributed by atoms with Gasteiger partial charge in [0, 0.05) is 11.8 Å². The van der Waals surface area contributed by atoms with E-state index in [4.69, 9.17) is 8.94 Å². The van der Waals surface area contributed by atoms with Crippen LogP contribution >= 0.6 is 0 Å². The van der Waals surface area contributed by atoms with Gasteiger partial charge in [0.1, 0.15) is 5.76 Å². The van der Waals surface area contributed by atoms with Crippen LogP contribution in [0.3, 0.4) is 0 Å². The van der Waals surface area contributed by atoms with E-state index in [0.717, 1.165) is 17.3 Å². The number of nitrogens with zero attached hydrogens (tertiary/aromatic N) is 3. The van der Waals surface area contributed by atoms with Crippen LogP contribution in [0.15, 0.2) is 15.3 Å². The first kappa shape index (κ1) is 10.3. The molecule has 2 heterocycles. The summed E-state index contributed by atoms with van der Waals surface area (Å²) in [6.07, 6.45) is 8.71. The van der Waals surface area contributed by atoms with Gasteiger partial charge >= 0.3 is 0 Å². The van der Waals surface area contributed by atoms with Gasteiger partial charge in [-0.3, -0.25) is 0 Å². The van der Waals surface area contributed by atoms with E-state index >= 15 is 0 Å². The van der Waals surface area contributed by atoms with Crippen LogP contribution in [0.25, 0.3) is 11.6 Å². The van der Waals surface area contributed by atoms with Crippen molar-refractivity contribution < 1.29 is 8.94 Å². The number of hydrogen-bond donors (Lipinski definition) is 0. The summed E-state index contributed by atoms with van der Waals surface area (Å²) in [5.74, 6) is 3.25. The molecule has 2 saturated carbocycles. The molecule has 0 bridgehead atoms. The second-order valence-electron chi connectivity index (χ2n) is 5.28. The standard InChI is InChI=1S/C13H15N3O2/c1-2-4-9(3-1)12-15-13(18-16-12)10-11(8-5-6-8)17-7-14-10/h7-9H,1-6H2. The Morgan fingerprint density at radius 1 is 1.06 bits per heavy atom. The van der Waals surface area contributed by atoms with Gasteiger partial charge in [-0.15, -0.1) is 0 Å². The summed E-state index contributed by atoms with van der Waals surface area (Å²) in [7, 11) is 0. The predicted octanol–water partition coefficient (Wildman–Crippen LogP) is 3.26. The molecule has 18 heavy (non-hydrogen) atoms. The second kappa shape index (κ2) is 3.93. The number of hydrogen-bond acceptors (Lipinski definition) is 5. The topological polar surface area (TPSA) is 65.0 Å². The van der Waals surface area contributed by atoms with Crippen molar-refractivity contribution in [2.75, 3.05) is 0 Å². The quantitative estimate of drug-likeness (QED) is 0.830. The summed E-state index contributed by atoms with van der Waals surface area (Å²) < 4.78 is 10.8. The van der Waals surface area contributed by atoms with E-state index in [2.05, 4.69) is 15.1 Å². The smallest absolute Gasteiger partial charge is 0.280 e. The first-order valence-electron chi connectivity index (χ1n) is 6.69. The molecule has 0 unspecified atom stereocenters. The van der Waals surface area contributed by atoms with E-state index in [1.807, 2.05) is 0 Å². The molecule has 0 aromatic carbocycles. The lowest BCUT2D eigenvalue weighted by Crippen LogP contribution is -1.94. The van der Waals surface area contributed by atoms with Crippen molar-refractivity contribution in [2.45, 2.75) is 50.4 Å². The average Bonchev–Trinajstić information content (AvgIpc) is 2.91. The summed E-state index contributed by atoms with van der Waals surface area (Å²) in [6.45, 7) is 0. The Hall–Kier alpha value is -1.65. The highest BCUT2D eigenvalue weighted by Gasteiger charge is 2.33. The Morgan fingerprint density at radius 2 is 1.89 bits per heavy atom. The minimum atomic E-state index is 0.471. The van der Waals surface area contributed by atoms with Crippen LogP contribution in [0.2, 0.25) is 0 Å². The van der Waals surface area contributed by atoms with Crippen molar-refractivity contribution >= 4 is 0 Å². The van der Waals surface area contributed by atoms with Crippen LogP contribution in [0.1, 0.15) is 61.9 Å². The minimum absolute atomic E-state index is 0.471. The number of oxazole rings is 1. The van der Waals surface area contributed by atoms with Gasteiger partial charge < -0.3 is 8.94 Å². The molecule has 5 heteroatoms. The summed E-state index contributed by atoms with van der Waals surface area (Å²) in [5, 5.41) is 4.11. The second-order valence-corrected chi connectivity index (χ2v) is 5.28. The molecule has 2 fully saturated rings. The van der Waals surface area contributed by atoms with Crippen LogP contribution in [-0.4, -0.2) is 15.1 Å². The van der Waals surface area contributed by atoms with Crippen LogP contribution < -0.4 is 0 Å². The lowest BCUT2D eigenvalue weighted by Gasteiger charge is -1.99. The van der Waals surface area contributed by atoms with Crippen LogP contribution in [0, 0.1) is 0 Å². The number of aromatic nitrogens is 3. The van der Waals surface area contributed by atoms with Gasteiger partial charge in [-0.2, -0.15) is 4.98 Å². The molecule has 2 aromatic rings. The zero-order valence-electron chi connectivity index (χ0n) is 10.1. The van der Waals surface area contributed by atoms with Gasteiger partial charge in [-0.1, -0.05) is 18.0 Å². The van der Waals surface area contributed by atoms with E-state index < -0.39 is 0 Å². The van der Waals surface area contributed by atoms with E-state index in [-0.39, 0.29) is 0 Å². The lowest BCUT2D eigenvalue weighted by atomic mass is 10.1. The fraction of sp³-hybridized carbons (Fsp3) is 0.615. The van der Waals surface area contributed by atoms with Crippen molar-refractivity contribution in [2.24, 2.45) is 0 Å². The summed E-state index contributed by atoms with van der Waals surface area (Å²) in [6, 6.07) is 0. The fourth-order valence-electron chi connectivity index (χ4n) is 2.73. The fourth-order valence-corrected chi connectivity index (χ4v) is 2.73. The average molecular weight is 245 g/mol. The van der Waals surface area contributed by atoms with Crippen molar-refractivity contribution in [1.29, 1.82) is 0 Å². The molecule has 0 N–H and O–H groups in total. The van der Waals surface area contributed by atoms with Gasteiger partial charge in [0.2, 0.25) is 0 Å². The molecular formula is C13H15N3O2. The molecule has 2 aliphatic carbocycles. The Labute approximate surface area is 105 Å². The lowest BCUT2D eigenvalue weighted by molar-refractivity contribution is 0.413. The molecule has 4 rings (SSSR count). The molecule has 2 aliphatic rings. The monoisotopic (exact) mass is 245 g/mol. The SMILES string of the molecule is c1nc(-c2nc(C3CCCC3)no2)c(C2CC2)o1. The van der Waals surface area contributed by atoms with E-state index in [1.54, 1.807) is 0 Å². The van der Waals surface area contributed by atoms with Gasteiger partial charge in [-0.25, -0.2) is 4.98 Å². The van der Waals surface area contributed by atoms with Crippen molar-refractivity contribution in [1.82, 2.24) is 15.1 Å². The Kier molecular flexibility index (Phi) is 2.25. The Balaban J connectivity index is 1.65. The molecule has 94 valence electrons. The maximum Gasteiger partial charge on any atom is 0.280 e. The van der Waals surface area contributed by atoms with Crippen molar-refractivity contribution in [3.63, 3.8) is 0 Å². The van der Waals surface area contributed by atoms with Gasteiger partial charge in [0.05, 0.1) is 0 Å². The van der Waals surface area contributed by atoms with Gasteiger partial charge in [-0.05, 0) is 25.7 Å². The molecule has 0 amide bonds. The maximum absolute atomic E-state index is 5.44. The first-order chi connectivity index (χ1) is 8.92. The summed E-state index contributed by atoms with van der Waals surface area (Å²) in [5.41, 5.74) is 0.745. The third-order valence-electron chi connectivity index (χ3n) is 3.91. The van der Waals surface area contributed by atoms with Gasteiger partial charge in [0.25, 0.3) is 5.89 Å². The Bertz CT molecular complexity index is 550. The normalized spacial score (nSPS) is 20.7. The van der Waals surface area contributed by atoms with E-state index in [9.17, 15) is 0 Å². The molecule has 2 aromatic heterocycles. The molecule has 0 saturated heterocycles. The maximum atomic E-state index is 5.44. The molecule has 5 nitrogen and oxygen atoms in total. The molecular weight excluding hydrogens is 230 g/mol. The largest absolute Gasteiger partial charge is 0.447 e. The minimum Gasteiger partial charge on any atom is -0.447 e. The molecule has 0 spiro atoms. The summed E-state index contributed by atoms with van der Waals surface area (Å²) >= 11 is 0. The predicted molar refractivity (Wildman–Crippen MR) is 63.0 cm³/mol. The Morgan fingerprint density at radius 3 is 2.67 bits per heavy atom. The molecule has 0 aliphatic heterocycles. The van der Waals surface area contributed by atoms with E-state index in [1.165, 1.54) is 44.9 Å². The highest BCUT2D eigenvalue weighted by atomic mass is 16.5. The summed E-state index contributed by atoms with van der Waals surface area (Å²) in [4.78, 5) is 8.73. The molecule has 0 radical (unpaired) electrons. The van der Waals surface area contributed by atoms with Gasteiger partial charge in [0.15, 0.2) is 17.9 Å². The molecule has 0 atom stereocenters. The highest BCUT2D eigenvalue weighted by Crippen LogP contribution is 2.44. The van der Waals surface area contributed by atoms with Crippen molar-refractivity contribution in [3.8, 4) is 11.6 Å². The highest BCUT2D eigenvalue weighted by molar-refractivity contribution is 5.51. The third kappa shape index (κ3) is 1.65. The van der Waals surface area contributed by atoms with Crippen LogP contribution in [-0.2, 0) is 0 Å². The van der Waals surface area contributed by atoms with E-state index in [0.29, 0.717) is 17.7 Å². The first-order valence-corrected chi connectivity index (χ1v) is 6.69.